The van der Waals surface area contributed by atoms with Crippen molar-refractivity contribution < 1.29 is 158 Å². The smallest absolute Gasteiger partial charge is 0.364 e. The number of rotatable bonds is 20. The van der Waals surface area contributed by atoms with Gasteiger partial charge in [0.05, 0.1) is 50.8 Å². The quantitative estimate of drug-likeness (QED) is 0.0538. The van der Waals surface area contributed by atoms with E-state index >= 15 is 0 Å². The Morgan fingerprint density at radius 3 is 1.41 bits per heavy atom. The summed E-state index contributed by atoms with van der Waals surface area (Å²) in [6, 6.07) is -5.33. The summed E-state index contributed by atoms with van der Waals surface area (Å²) in [5.41, 5.74) is 0. The van der Waals surface area contributed by atoms with E-state index in [1.54, 1.807) is 0 Å². The molecule has 31 atom stereocenters. The van der Waals surface area contributed by atoms with Crippen molar-refractivity contribution in [2.24, 2.45) is 0 Å². The van der Waals surface area contributed by atoms with E-state index in [2.05, 4.69) is 16.0 Å². The highest BCUT2D eigenvalue weighted by molar-refractivity contribution is 5.77. The lowest BCUT2D eigenvalue weighted by atomic mass is 9.88. The standard InChI is InChI=1S/C45H75N3O32/c1-11-24(58)28(62)30(64)41(70-11)77-36-22(47-14(4)54)39(67)72-19(9-51)33(36)75-40-23(48-15(5)55)37(78-42-31(65)29(63)25(59)12(2)71-42)34(20(10-52)74-40)76-43-32(66)38(27(61)18(8-50)73-43)80-45(44(68)69)6-16(56)21(46-13(3)53)35(79-45)26(60)17(57)7-49/h11-12,16-43,49-52,56-67H,6-10H2,1-5H3,(H,46,53)(H,47,54)(H,48,55)(H,68,69)/t11-,12-,16-,17+,18+,19+,20+,21+,22+,23+,24+,25+,26+,27-,28+,29+,30-,31-,32+,33+,34+,35+,36+,37+,38-,39?,40-,41-,42-,43-,45-/m0/s1. The molecule has 6 aliphatic rings. The van der Waals surface area contributed by atoms with Crippen LogP contribution >= 0.6 is 0 Å². The van der Waals surface area contributed by atoms with E-state index in [4.69, 9.17) is 52.1 Å². The zero-order valence-electron chi connectivity index (χ0n) is 43.6. The minimum atomic E-state index is -3.25. The van der Waals surface area contributed by atoms with E-state index in [1.807, 2.05) is 0 Å². The fraction of sp³-hybridized carbons (Fsp3) is 0.911. The number of nitrogens with one attached hydrogen (secondary N) is 3. The highest BCUT2D eigenvalue weighted by Gasteiger charge is 2.62. The number of carboxylic acid groups (broad SMARTS) is 1. The Balaban J connectivity index is 1.42. The van der Waals surface area contributed by atoms with Gasteiger partial charge in [0.2, 0.25) is 17.7 Å². The van der Waals surface area contributed by atoms with Crippen LogP contribution in [0.1, 0.15) is 41.0 Å². The molecule has 80 heavy (non-hydrogen) atoms. The van der Waals surface area contributed by atoms with E-state index in [1.165, 1.54) is 13.8 Å². The van der Waals surface area contributed by atoms with Crippen LogP contribution in [0.5, 0.6) is 0 Å². The zero-order valence-corrected chi connectivity index (χ0v) is 43.6. The second kappa shape index (κ2) is 27.7. The van der Waals surface area contributed by atoms with Gasteiger partial charge in [0.1, 0.15) is 128 Å². The highest BCUT2D eigenvalue weighted by Crippen LogP contribution is 2.41. The third-order valence-corrected chi connectivity index (χ3v) is 14.5. The first kappa shape index (κ1) is 65.9. The largest absolute Gasteiger partial charge is 0.477 e. The van der Waals surface area contributed by atoms with Crippen LogP contribution in [0.4, 0.5) is 0 Å². The monoisotopic (exact) mass is 1170 g/mol. The van der Waals surface area contributed by atoms with Crippen molar-refractivity contribution in [3.05, 3.63) is 0 Å². The van der Waals surface area contributed by atoms with Gasteiger partial charge in [-0.15, -0.1) is 0 Å². The molecule has 0 aromatic rings. The van der Waals surface area contributed by atoms with Crippen molar-refractivity contribution in [1.82, 2.24) is 16.0 Å². The van der Waals surface area contributed by atoms with Gasteiger partial charge in [0, 0.05) is 27.2 Å². The number of carbonyl (C=O) groups is 4. The summed E-state index contributed by atoms with van der Waals surface area (Å²) in [6.45, 7) is 0.984. The molecule has 3 amide bonds. The van der Waals surface area contributed by atoms with E-state index in [0.717, 1.165) is 20.8 Å². The van der Waals surface area contributed by atoms with Crippen molar-refractivity contribution in [1.29, 1.82) is 0 Å². The lowest BCUT2D eigenvalue weighted by molar-refractivity contribution is -0.398. The van der Waals surface area contributed by atoms with Gasteiger partial charge in [-0.05, 0) is 13.8 Å². The van der Waals surface area contributed by atoms with Gasteiger partial charge in [0.15, 0.2) is 31.5 Å². The number of aliphatic carboxylic acids is 1. The Labute approximate surface area is 454 Å². The Morgan fingerprint density at radius 1 is 0.512 bits per heavy atom. The van der Waals surface area contributed by atoms with Crippen LogP contribution in [0.25, 0.3) is 0 Å². The fourth-order valence-electron chi connectivity index (χ4n) is 10.3. The van der Waals surface area contributed by atoms with E-state index in [-0.39, 0.29) is 0 Å². The molecule has 6 heterocycles. The molecular formula is C45H75N3O32. The Hall–Kier alpha value is -3.20. The van der Waals surface area contributed by atoms with E-state index < -0.39 is 246 Å². The van der Waals surface area contributed by atoms with Gasteiger partial charge in [-0.1, -0.05) is 0 Å². The van der Waals surface area contributed by atoms with Crippen LogP contribution < -0.4 is 16.0 Å². The number of carbonyl (C=O) groups excluding carboxylic acids is 3. The van der Waals surface area contributed by atoms with Gasteiger partial charge < -0.3 is 155 Å². The molecular weight excluding hydrogens is 1090 g/mol. The average molecular weight is 1170 g/mol. The van der Waals surface area contributed by atoms with Crippen LogP contribution in [0, 0.1) is 0 Å². The second-order valence-electron chi connectivity index (χ2n) is 20.4. The summed E-state index contributed by atoms with van der Waals surface area (Å²) in [5.74, 6) is -7.95. The molecule has 462 valence electrons. The van der Waals surface area contributed by atoms with Crippen molar-refractivity contribution in [3.8, 4) is 0 Å². The lowest BCUT2D eigenvalue weighted by Crippen LogP contribution is -2.72. The summed E-state index contributed by atoms with van der Waals surface area (Å²) >= 11 is 0. The summed E-state index contributed by atoms with van der Waals surface area (Å²) in [4.78, 5) is 51.2. The SMILES string of the molecule is CC(=O)N[C@H]1[C@H](O[C@H]2[C@H](O[C@@H]3O[C@@H](C)[C@@H](O)[C@@H](O)[C@@H]3O)[C@@H](NC(C)=O)C(O)O[C@@H]2CO)O[C@H](CO)[C@@H](O[C@@H]2O[C@H](CO)[C@H](O)[C@H](O[C@]3(C(=O)O)C[C@H](O)[C@@H](NC(C)=O)[C@H]([C@H](O)[C@H](O)CO)O3)[C@H]2O)[C@@H]1O[C@@H]1O[C@@H](C)[C@@H](O)[C@@H](O)[C@@H]1O. The molecule has 0 radical (unpaired) electrons. The molecule has 35 heteroatoms. The number of ether oxygens (including phenoxy) is 11. The molecule has 6 aliphatic heterocycles. The summed E-state index contributed by atoms with van der Waals surface area (Å²) in [6.07, 6.45) is -54.6. The highest BCUT2D eigenvalue weighted by atomic mass is 16.8. The van der Waals surface area contributed by atoms with Crippen molar-refractivity contribution >= 4 is 23.7 Å². The minimum Gasteiger partial charge on any atom is -0.477 e. The molecule has 6 fully saturated rings. The Bertz CT molecular complexity index is 2060. The maximum absolute atomic E-state index is 13.3. The first-order valence-corrected chi connectivity index (χ1v) is 25.4. The third-order valence-electron chi connectivity index (χ3n) is 14.5. The third kappa shape index (κ3) is 14.1. The number of amides is 3. The van der Waals surface area contributed by atoms with Crippen LogP contribution in [0.2, 0.25) is 0 Å². The average Bonchev–Trinajstić information content (AvgIpc) is 3.61. The van der Waals surface area contributed by atoms with E-state index in [9.17, 15) is 106 Å². The van der Waals surface area contributed by atoms with Crippen molar-refractivity contribution in [2.75, 3.05) is 26.4 Å². The first-order chi connectivity index (χ1) is 37.5. The predicted molar refractivity (Wildman–Crippen MR) is 248 cm³/mol. The molecule has 0 saturated carbocycles. The maximum atomic E-state index is 13.3. The number of carboxylic acids is 1. The normalized spacial score (nSPS) is 47.1. The maximum Gasteiger partial charge on any atom is 0.364 e. The summed E-state index contributed by atoms with van der Waals surface area (Å²) in [7, 11) is 0. The van der Waals surface area contributed by atoms with Crippen LogP contribution in [-0.4, -0.2) is 327 Å². The first-order valence-electron chi connectivity index (χ1n) is 25.4. The number of aliphatic hydroxyl groups is 16. The summed E-state index contributed by atoms with van der Waals surface area (Å²) < 4.78 is 65.4. The van der Waals surface area contributed by atoms with Crippen molar-refractivity contribution in [2.45, 2.75) is 231 Å². The molecule has 20 N–H and O–H groups in total. The molecule has 6 saturated heterocycles. The number of hydrogen-bond donors (Lipinski definition) is 20. The van der Waals surface area contributed by atoms with Gasteiger partial charge >= 0.3 is 5.97 Å². The number of aliphatic hydroxyl groups excluding tert-OH is 16. The van der Waals surface area contributed by atoms with Crippen LogP contribution in [-0.2, 0) is 71.3 Å². The molecule has 0 aliphatic carbocycles. The molecule has 1 unspecified atom stereocenters. The van der Waals surface area contributed by atoms with Gasteiger partial charge in [0.25, 0.3) is 5.79 Å². The lowest BCUT2D eigenvalue weighted by Gasteiger charge is -2.53. The number of hydrogen-bond acceptors (Lipinski definition) is 31. The van der Waals surface area contributed by atoms with Crippen LogP contribution in [0.15, 0.2) is 0 Å². The molecule has 0 bridgehead atoms. The predicted octanol–water partition coefficient (Wildman–Crippen LogP) is -12.4. The van der Waals surface area contributed by atoms with Crippen molar-refractivity contribution in [3.63, 3.8) is 0 Å². The molecule has 0 spiro atoms. The minimum absolute atomic E-state index is 0.818. The van der Waals surface area contributed by atoms with Gasteiger partial charge in [-0.3, -0.25) is 14.4 Å². The Kier molecular flexibility index (Phi) is 22.8. The van der Waals surface area contributed by atoms with Gasteiger partial charge in [-0.2, -0.15) is 0 Å². The topological polar surface area (TPSA) is 550 Å². The molecule has 6 rings (SSSR count). The molecule has 0 aromatic heterocycles. The summed E-state index contributed by atoms with van der Waals surface area (Å²) in [5, 5.41) is 192. The fourth-order valence-corrected chi connectivity index (χ4v) is 10.3. The molecule has 35 nitrogen and oxygen atoms in total. The van der Waals surface area contributed by atoms with E-state index in [0.29, 0.717) is 0 Å². The Morgan fingerprint density at radius 2 is 0.938 bits per heavy atom. The molecule has 0 aromatic carbocycles. The second-order valence-corrected chi connectivity index (χ2v) is 20.4. The zero-order chi connectivity index (χ0) is 59.6. The van der Waals surface area contributed by atoms with Gasteiger partial charge in [-0.25, -0.2) is 4.79 Å². The van der Waals surface area contributed by atoms with Crippen LogP contribution in [0.3, 0.4) is 0 Å².